The van der Waals surface area contributed by atoms with Gasteiger partial charge in [0.25, 0.3) is 0 Å². The largest absolute Gasteiger partial charge is 0.492 e. The molecule has 0 aliphatic heterocycles. The number of ether oxygens (including phenoxy) is 1. The van der Waals surface area contributed by atoms with Crippen LogP contribution in [0, 0.1) is 6.92 Å². The Bertz CT molecular complexity index is 966. The van der Waals surface area contributed by atoms with E-state index in [2.05, 4.69) is 49.9 Å². The van der Waals surface area contributed by atoms with Gasteiger partial charge in [0.2, 0.25) is 0 Å². The molecule has 0 aliphatic carbocycles. The van der Waals surface area contributed by atoms with Crippen molar-refractivity contribution in [1.29, 1.82) is 0 Å². The molecule has 0 fully saturated rings. The third-order valence-electron chi connectivity index (χ3n) is 6.32. The summed E-state index contributed by atoms with van der Waals surface area (Å²) >= 11 is 6.04. The van der Waals surface area contributed by atoms with Crippen molar-refractivity contribution < 1.29 is 9.84 Å². The smallest absolute Gasteiger partial charge is 0.119 e. The highest BCUT2D eigenvalue weighted by Crippen LogP contribution is 2.32. The predicted octanol–water partition coefficient (Wildman–Crippen LogP) is 6.43. The van der Waals surface area contributed by atoms with E-state index in [1.165, 1.54) is 5.56 Å². The van der Waals surface area contributed by atoms with Gasteiger partial charge in [-0.05, 0) is 73.8 Å². The number of likely N-dealkylation sites (N-methyl/N-ethyl adjacent to an activating group) is 1. The Balaban J connectivity index is 1.74. The number of aliphatic hydroxyl groups is 1. The Labute approximate surface area is 204 Å². The first-order chi connectivity index (χ1) is 15.9. The molecule has 4 heteroatoms. The second kappa shape index (κ2) is 12.2. The highest BCUT2D eigenvalue weighted by atomic mass is 35.5. The van der Waals surface area contributed by atoms with E-state index >= 15 is 0 Å². The predicted molar refractivity (Wildman–Crippen MR) is 138 cm³/mol. The van der Waals surface area contributed by atoms with Crippen molar-refractivity contribution in [2.45, 2.75) is 45.6 Å². The topological polar surface area (TPSA) is 32.7 Å². The van der Waals surface area contributed by atoms with Gasteiger partial charge in [0.1, 0.15) is 12.4 Å². The Kier molecular flexibility index (Phi) is 9.37. The highest BCUT2D eigenvalue weighted by Gasteiger charge is 2.29. The van der Waals surface area contributed by atoms with Gasteiger partial charge in [-0.2, -0.15) is 0 Å². The third-order valence-corrected chi connectivity index (χ3v) is 6.57. The maximum absolute atomic E-state index is 11.9. The van der Waals surface area contributed by atoms with Gasteiger partial charge in [-0.15, -0.1) is 0 Å². The lowest BCUT2D eigenvalue weighted by atomic mass is 9.82. The van der Waals surface area contributed by atoms with Crippen molar-refractivity contribution in [1.82, 2.24) is 4.90 Å². The van der Waals surface area contributed by atoms with Crippen LogP contribution in [0.5, 0.6) is 5.75 Å². The molecule has 1 unspecified atom stereocenters. The molecule has 1 atom stereocenters. The molecule has 0 saturated heterocycles. The van der Waals surface area contributed by atoms with Crippen LogP contribution >= 0.6 is 11.6 Å². The second-order valence-electron chi connectivity index (χ2n) is 8.72. The fraction of sp³-hybridized carbons (Fsp3) is 0.379. The van der Waals surface area contributed by atoms with Crippen molar-refractivity contribution in [3.63, 3.8) is 0 Å². The van der Waals surface area contributed by atoms with Crippen LogP contribution in [0.1, 0.15) is 42.5 Å². The molecule has 0 aromatic heterocycles. The van der Waals surface area contributed by atoms with Crippen molar-refractivity contribution in [2.75, 3.05) is 26.2 Å². The van der Waals surface area contributed by atoms with Crippen LogP contribution < -0.4 is 4.74 Å². The quantitative estimate of drug-likeness (QED) is 0.334. The van der Waals surface area contributed by atoms with Crippen LogP contribution in [0.25, 0.3) is 0 Å². The molecule has 0 bridgehead atoms. The van der Waals surface area contributed by atoms with Crippen LogP contribution in [0.4, 0.5) is 0 Å². The molecule has 176 valence electrons. The zero-order valence-corrected chi connectivity index (χ0v) is 20.8. The van der Waals surface area contributed by atoms with E-state index in [4.69, 9.17) is 16.3 Å². The summed E-state index contributed by atoms with van der Waals surface area (Å²) in [7, 11) is 0. The summed E-state index contributed by atoms with van der Waals surface area (Å²) in [5.41, 5.74) is 3.44. The number of benzene rings is 3. The summed E-state index contributed by atoms with van der Waals surface area (Å²) < 4.78 is 5.94. The average Bonchev–Trinajstić information content (AvgIpc) is 2.83. The number of hydrogen-bond donors (Lipinski definition) is 1. The zero-order valence-electron chi connectivity index (χ0n) is 20.1. The molecule has 1 N–H and O–H groups in total. The maximum atomic E-state index is 11.9. The summed E-state index contributed by atoms with van der Waals surface area (Å²) in [4.78, 5) is 2.34. The third kappa shape index (κ3) is 7.60. The van der Waals surface area contributed by atoms with E-state index in [-0.39, 0.29) is 0 Å². The van der Waals surface area contributed by atoms with Gasteiger partial charge >= 0.3 is 0 Å². The molecular weight excluding hydrogens is 430 g/mol. The SMILES string of the molecule is CCN(CC)CCOc1ccc(C(O)(CCc2ccc(Cl)cc2)Cc2ccc(C)cc2)cc1. The monoisotopic (exact) mass is 465 g/mol. The van der Waals surface area contributed by atoms with E-state index < -0.39 is 5.60 Å². The lowest BCUT2D eigenvalue weighted by Gasteiger charge is -2.29. The number of nitrogens with zero attached hydrogens (tertiary/aromatic N) is 1. The Morgan fingerprint density at radius 3 is 2.06 bits per heavy atom. The lowest BCUT2D eigenvalue weighted by Crippen LogP contribution is -2.29. The first-order valence-electron chi connectivity index (χ1n) is 11.9. The Hall–Kier alpha value is -2.33. The second-order valence-corrected chi connectivity index (χ2v) is 9.16. The summed E-state index contributed by atoms with van der Waals surface area (Å²) in [6, 6.07) is 24.2. The summed E-state index contributed by atoms with van der Waals surface area (Å²) in [6.45, 7) is 10.0. The van der Waals surface area contributed by atoms with Crippen molar-refractivity contribution in [3.05, 3.63) is 100 Å². The highest BCUT2D eigenvalue weighted by molar-refractivity contribution is 6.30. The molecule has 0 heterocycles. The average molecular weight is 466 g/mol. The molecule has 0 radical (unpaired) electrons. The van der Waals surface area contributed by atoms with Crippen molar-refractivity contribution >= 4 is 11.6 Å². The molecular formula is C29H36ClNO2. The van der Waals surface area contributed by atoms with E-state index in [1.54, 1.807) is 0 Å². The Morgan fingerprint density at radius 2 is 1.45 bits per heavy atom. The van der Waals surface area contributed by atoms with Crippen LogP contribution in [0.2, 0.25) is 5.02 Å². The summed E-state index contributed by atoms with van der Waals surface area (Å²) in [5.74, 6) is 0.835. The van der Waals surface area contributed by atoms with Crippen molar-refractivity contribution in [3.8, 4) is 5.75 Å². The van der Waals surface area contributed by atoms with E-state index in [0.717, 1.165) is 53.5 Å². The van der Waals surface area contributed by atoms with Gasteiger partial charge in [0, 0.05) is 18.0 Å². The molecule has 3 aromatic carbocycles. The normalized spacial score (nSPS) is 13.2. The number of aryl methyl sites for hydroxylation is 2. The molecule has 0 spiro atoms. The van der Waals surface area contributed by atoms with Gasteiger partial charge in [-0.25, -0.2) is 0 Å². The van der Waals surface area contributed by atoms with Crippen molar-refractivity contribution in [2.24, 2.45) is 0 Å². The van der Waals surface area contributed by atoms with E-state index in [0.29, 0.717) is 19.4 Å². The molecule has 0 aliphatic rings. The molecule has 3 nitrogen and oxygen atoms in total. The number of hydrogen-bond acceptors (Lipinski definition) is 3. The minimum atomic E-state index is -0.978. The van der Waals surface area contributed by atoms with Gasteiger partial charge in [-0.3, -0.25) is 0 Å². The van der Waals surface area contributed by atoms with E-state index in [1.807, 2.05) is 48.5 Å². The fourth-order valence-corrected chi connectivity index (χ4v) is 4.20. The van der Waals surface area contributed by atoms with Crippen LogP contribution in [-0.2, 0) is 18.4 Å². The molecule has 33 heavy (non-hydrogen) atoms. The minimum Gasteiger partial charge on any atom is -0.492 e. The maximum Gasteiger partial charge on any atom is 0.119 e. The number of rotatable bonds is 12. The molecule has 0 saturated carbocycles. The molecule has 3 aromatic rings. The summed E-state index contributed by atoms with van der Waals surface area (Å²) in [6.07, 6.45) is 1.94. The van der Waals surface area contributed by atoms with Gasteiger partial charge < -0.3 is 14.7 Å². The molecule has 0 amide bonds. The first-order valence-corrected chi connectivity index (χ1v) is 12.3. The lowest BCUT2D eigenvalue weighted by molar-refractivity contribution is 0.0279. The van der Waals surface area contributed by atoms with E-state index in [9.17, 15) is 5.11 Å². The van der Waals surface area contributed by atoms with Crippen LogP contribution in [0.3, 0.4) is 0 Å². The van der Waals surface area contributed by atoms with Crippen LogP contribution in [-0.4, -0.2) is 36.2 Å². The zero-order chi connectivity index (χ0) is 23.7. The molecule has 3 rings (SSSR count). The Morgan fingerprint density at radius 1 is 0.848 bits per heavy atom. The fourth-order valence-electron chi connectivity index (χ4n) is 4.07. The van der Waals surface area contributed by atoms with Gasteiger partial charge in [0.15, 0.2) is 0 Å². The van der Waals surface area contributed by atoms with Gasteiger partial charge in [-0.1, -0.05) is 79.5 Å². The minimum absolute atomic E-state index is 0.559. The van der Waals surface area contributed by atoms with Gasteiger partial charge in [0.05, 0.1) is 5.60 Å². The number of halogens is 1. The van der Waals surface area contributed by atoms with Crippen LogP contribution in [0.15, 0.2) is 72.8 Å². The standard InChI is InChI=1S/C29H36ClNO2/c1-4-31(5-2)20-21-33-28-16-12-26(13-17-28)29(32,22-25-8-6-23(3)7-9-25)19-18-24-10-14-27(30)15-11-24/h6-17,32H,4-5,18-22H2,1-3H3. The first kappa shape index (κ1) is 25.3. The summed E-state index contributed by atoms with van der Waals surface area (Å²) in [5, 5.41) is 12.6.